The summed E-state index contributed by atoms with van der Waals surface area (Å²) >= 11 is 5.96. The third kappa shape index (κ3) is 6.10. The Bertz CT molecular complexity index is 1420. The Labute approximate surface area is 230 Å². The quantitative estimate of drug-likeness (QED) is 0.294. The summed E-state index contributed by atoms with van der Waals surface area (Å²) in [4.78, 5) is 39.1. The van der Waals surface area contributed by atoms with E-state index in [1.807, 2.05) is 12.1 Å². The van der Waals surface area contributed by atoms with E-state index in [2.05, 4.69) is 17.1 Å². The summed E-state index contributed by atoms with van der Waals surface area (Å²) in [5.74, 6) is -0.186. The number of halogens is 1. The average Bonchev–Trinajstić information content (AvgIpc) is 3.28. The van der Waals surface area contributed by atoms with Crippen molar-refractivity contribution in [1.82, 2.24) is 9.55 Å². The molecule has 5 rings (SSSR count). The highest BCUT2D eigenvalue weighted by Gasteiger charge is 2.37. The second-order valence-corrected chi connectivity index (χ2v) is 10.4. The van der Waals surface area contributed by atoms with Crippen LogP contribution in [0.3, 0.4) is 0 Å². The maximum atomic E-state index is 12.9. The molecule has 1 heterocycles. The fraction of sp³-hybridized carbons (Fsp3) is 0.345. The van der Waals surface area contributed by atoms with Crippen LogP contribution in [-0.4, -0.2) is 42.4 Å². The molecule has 0 bridgehead atoms. The van der Waals surface area contributed by atoms with Crippen LogP contribution in [0.15, 0.2) is 66.1 Å². The van der Waals surface area contributed by atoms with Gasteiger partial charge in [-0.2, -0.15) is 0 Å². The number of nitrogens with zero attached hydrogens (tertiary/aromatic N) is 3. The Balaban J connectivity index is 0.000000229. The number of carbonyl (C=O) groups excluding carboxylic acids is 2. The predicted molar refractivity (Wildman–Crippen MR) is 146 cm³/mol. The van der Waals surface area contributed by atoms with Crippen molar-refractivity contribution in [3.05, 3.63) is 104 Å². The Morgan fingerprint density at radius 1 is 1.03 bits per heavy atom. The standard InChI is InChI=1S/C22H19ClO3.C7H11N3O3/c23-16-11-9-14(10-12-16)13-5-7-15(8-6-13)19-20(24)17-3-1-2-4-18(17)21(25)22(19)26;1-5(11)4-9-6(2)8-3-7(9)10(12)13/h1-4,9-13,15,26H,5-8H2;3,5,11H,4H2,1-2H3/t13-,15-;. The summed E-state index contributed by atoms with van der Waals surface area (Å²) in [6, 6.07) is 14.6. The summed E-state index contributed by atoms with van der Waals surface area (Å²) in [6.07, 6.45) is 3.99. The number of hydrogen-bond donors (Lipinski definition) is 2. The minimum Gasteiger partial charge on any atom is -0.504 e. The topological polar surface area (TPSA) is 136 Å². The number of rotatable bonds is 5. The van der Waals surface area contributed by atoms with Crippen LogP contribution >= 0.6 is 11.6 Å². The molecular weight excluding hydrogens is 522 g/mol. The monoisotopic (exact) mass is 551 g/mol. The summed E-state index contributed by atoms with van der Waals surface area (Å²) in [6.45, 7) is 3.43. The van der Waals surface area contributed by atoms with Gasteiger partial charge in [-0.1, -0.05) is 48.0 Å². The summed E-state index contributed by atoms with van der Waals surface area (Å²) < 4.78 is 1.38. The molecular formula is C29H30ClN3O6. The van der Waals surface area contributed by atoms with Gasteiger partial charge in [-0.25, -0.2) is 9.55 Å². The molecule has 0 spiro atoms. The van der Waals surface area contributed by atoms with Crippen molar-refractivity contribution >= 4 is 29.0 Å². The maximum Gasteiger partial charge on any atom is 0.342 e. The van der Waals surface area contributed by atoms with Crippen molar-refractivity contribution in [2.45, 2.75) is 58.1 Å². The molecule has 1 saturated carbocycles. The van der Waals surface area contributed by atoms with Gasteiger partial charge >= 0.3 is 5.82 Å². The number of imidazole rings is 1. The van der Waals surface area contributed by atoms with Gasteiger partial charge in [0, 0.05) is 28.6 Å². The van der Waals surface area contributed by atoms with Crippen LogP contribution in [0.2, 0.25) is 5.02 Å². The Hall–Kier alpha value is -3.82. The second-order valence-electron chi connectivity index (χ2n) is 9.95. The third-order valence-corrected chi connectivity index (χ3v) is 7.53. The van der Waals surface area contributed by atoms with Crippen LogP contribution in [0.5, 0.6) is 0 Å². The normalized spacial score (nSPS) is 19.7. The van der Waals surface area contributed by atoms with Crippen LogP contribution in [-0.2, 0) is 6.54 Å². The number of allylic oxidation sites excluding steroid dienone is 2. The van der Waals surface area contributed by atoms with Crippen LogP contribution in [0.1, 0.15) is 70.6 Å². The molecule has 0 radical (unpaired) electrons. The largest absolute Gasteiger partial charge is 0.504 e. The molecule has 2 aliphatic carbocycles. The van der Waals surface area contributed by atoms with Crippen molar-refractivity contribution in [3.8, 4) is 0 Å². The number of aryl methyl sites for hydroxylation is 1. The molecule has 3 aromatic rings. The van der Waals surface area contributed by atoms with E-state index in [1.165, 1.54) is 16.3 Å². The van der Waals surface area contributed by atoms with Gasteiger partial charge in [-0.3, -0.25) is 9.59 Å². The van der Waals surface area contributed by atoms with Crippen LogP contribution in [0, 0.1) is 23.0 Å². The predicted octanol–water partition coefficient (Wildman–Crippen LogP) is 5.99. The van der Waals surface area contributed by atoms with Crippen LogP contribution < -0.4 is 0 Å². The first-order valence-corrected chi connectivity index (χ1v) is 13.2. The SMILES string of the molecule is Cc1ncc([N+](=O)[O-])n1CC(C)O.O=C1C(O)=C([C@H]2CC[C@H](c3ccc(Cl)cc3)CC2)C(=O)c2ccccc21. The van der Waals surface area contributed by atoms with Crippen LogP contribution in [0.4, 0.5) is 5.82 Å². The highest BCUT2D eigenvalue weighted by Crippen LogP contribution is 2.42. The molecule has 2 N–H and O–H groups in total. The van der Waals surface area contributed by atoms with Gasteiger partial charge < -0.3 is 20.3 Å². The van der Waals surface area contributed by atoms with Gasteiger partial charge in [0.25, 0.3) is 0 Å². The lowest BCUT2D eigenvalue weighted by atomic mass is 9.72. The number of fused-ring (bicyclic) bond motifs is 1. The molecule has 1 fully saturated rings. The lowest BCUT2D eigenvalue weighted by Gasteiger charge is -2.31. The molecule has 204 valence electrons. The number of ketones is 2. The van der Waals surface area contributed by atoms with E-state index in [-0.39, 0.29) is 29.8 Å². The average molecular weight is 552 g/mol. The number of Topliss-reactive ketones (excluding diaryl/α,β-unsaturated/α-hetero) is 2. The zero-order chi connectivity index (χ0) is 28.3. The number of nitro groups is 1. The fourth-order valence-electron chi connectivity index (χ4n) is 5.30. The molecule has 9 nitrogen and oxygen atoms in total. The Morgan fingerprint density at radius 3 is 2.15 bits per heavy atom. The molecule has 1 atom stereocenters. The van der Waals surface area contributed by atoms with Gasteiger partial charge in [0.15, 0.2) is 17.4 Å². The van der Waals surface area contributed by atoms with Gasteiger partial charge in [-0.15, -0.1) is 0 Å². The number of carbonyl (C=O) groups is 2. The first kappa shape index (κ1) is 28.2. The number of aliphatic hydroxyl groups is 2. The molecule has 1 unspecified atom stereocenters. The van der Waals surface area contributed by atoms with E-state index in [9.17, 15) is 24.8 Å². The van der Waals surface area contributed by atoms with Crippen molar-refractivity contribution in [2.24, 2.45) is 5.92 Å². The van der Waals surface area contributed by atoms with Crippen molar-refractivity contribution in [2.75, 3.05) is 0 Å². The molecule has 0 aliphatic heterocycles. The first-order chi connectivity index (χ1) is 18.6. The Morgan fingerprint density at radius 2 is 1.59 bits per heavy atom. The van der Waals surface area contributed by atoms with Gasteiger partial charge in [0.05, 0.1) is 6.10 Å². The van der Waals surface area contributed by atoms with E-state index in [4.69, 9.17) is 16.7 Å². The zero-order valence-electron chi connectivity index (χ0n) is 21.7. The Kier molecular flexibility index (Phi) is 8.62. The van der Waals surface area contributed by atoms with Gasteiger partial charge in [-0.05, 0) is 67.1 Å². The van der Waals surface area contributed by atoms with Crippen molar-refractivity contribution in [1.29, 1.82) is 0 Å². The lowest BCUT2D eigenvalue weighted by Crippen LogP contribution is -2.28. The lowest BCUT2D eigenvalue weighted by molar-refractivity contribution is -0.392. The van der Waals surface area contributed by atoms with E-state index >= 15 is 0 Å². The minimum atomic E-state index is -0.619. The molecule has 39 heavy (non-hydrogen) atoms. The molecule has 1 aromatic heterocycles. The van der Waals surface area contributed by atoms with E-state index in [1.54, 1.807) is 38.1 Å². The van der Waals surface area contributed by atoms with E-state index in [0.717, 1.165) is 30.7 Å². The highest BCUT2D eigenvalue weighted by atomic mass is 35.5. The molecule has 0 saturated heterocycles. The second kappa shape index (κ2) is 11.9. The first-order valence-electron chi connectivity index (χ1n) is 12.8. The smallest absolute Gasteiger partial charge is 0.342 e. The molecule has 0 amide bonds. The zero-order valence-corrected chi connectivity index (χ0v) is 22.5. The van der Waals surface area contributed by atoms with Crippen LogP contribution in [0.25, 0.3) is 0 Å². The minimum absolute atomic E-state index is 0.0663. The van der Waals surface area contributed by atoms with Gasteiger partial charge in [0.1, 0.15) is 12.7 Å². The number of benzene rings is 2. The maximum absolute atomic E-state index is 12.9. The number of aliphatic hydroxyl groups excluding tert-OH is 2. The van der Waals surface area contributed by atoms with Crippen molar-refractivity contribution in [3.63, 3.8) is 0 Å². The third-order valence-electron chi connectivity index (χ3n) is 7.28. The molecule has 10 heteroatoms. The van der Waals surface area contributed by atoms with Crippen molar-refractivity contribution < 1.29 is 24.7 Å². The van der Waals surface area contributed by atoms with Gasteiger partial charge in [0.2, 0.25) is 5.78 Å². The summed E-state index contributed by atoms with van der Waals surface area (Å²) in [5.41, 5.74) is 2.27. The summed E-state index contributed by atoms with van der Waals surface area (Å²) in [5, 5.41) is 30.7. The number of hydrogen-bond acceptors (Lipinski definition) is 7. The molecule has 2 aliphatic rings. The fourth-order valence-corrected chi connectivity index (χ4v) is 5.43. The highest BCUT2D eigenvalue weighted by molar-refractivity contribution is 6.30. The van der Waals surface area contributed by atoms with E-state index < -0.39 is 16.8 Å². The van der Waals surface area contributed by atoms with E-state index in [0.29, 0.717) is 28.4 Å². The molecule has 2 aromatic carbocycles. The summed E-state index contributed by atoms with van der Waals surface area (Å²) in [7, 11) is 0. The number of aromatic nitrogens is 2.